The van der Waals surface area contributed by atoms with Crippen molar-refractivity contribution in [3.8, 4) is 0 Å². The summed E-state index contributed by atoms with van der Waals surface area (Å²) in [6.07, 6.45) is -1.42. The number of amides is 1. The zero-order valence-electron chi connectivity index (χ0n) is 15.3. The lowest BCUT2D eigenvalue weighted by molar-refractivity contribution is -0.177. The molecule has 0 aliphatic carbocycles. The van der Waals surface area contributed by atoms with E-state index in [4.69, 9.17) is 14.2 Å². The van der Waals surface area contributed by atoms with E-state index in [9.17, 15) is 19.5 Å². The molecule has 1 aromatic heterocycles. The number of nitrogens with zero attached hydrogens (tertiary/aromatic N) is 3. The van der Waals surface area contributed by atoms with Crippen molar-refractivity contribution < 1.29 is 33.7 Å². The van der Waals surface area contributed by atoms with Gasteiger partial charge in [-0.05, 0) is 19.8 Å². The number of carboxylic acid groups (broad SMARTS) is 1. The van der Waals surface area contributed by atoms with Crippen molar-refractivity contribution in [2.45, 2.75) is 44.9 Å². The smallest absolute Gasteiger partial charge is 0.348 e. The lowest BCUT2D eigenvalue weighted by Gasteiger charge is -2.33. The summed E-state index contributed by atoms with van der Waals surface area (Å²) < 4.78 is 17.4. The molecule has 1 N–H and O–H groups in total. The topological polar surface area (TPSA) is 120 Å². The number of aromatic nitrogens is 2. The molecule has 3 heterocycles. The molecule has 2 fully saturated rings. The Morgan fingerprint density at radius 1 is 1.33 bits per heavy atom. The summed E-state index contributed by atoms with van der Waals surface area (Å²) in [5.74, 6) is -2.39. The van der Waals surface area contributed by atoms with Crippen LogP contribution in [0.25, 0.3) is 0 Å². The Hall–Kier alpha value is -2.46. The molecule has 27 heavy (non-hydrogen) atoms. The Labute approximate surface area is 156 Å². The molecule has 0 unspecified atom stereocenters. The highest BCUT2D eigenvalue weighted by atomic mass is 16.6. The second kappa shape index (κ2) is 8.05. The number of carbonyl (C=O) groups is 3. The van der Waals surface area contributed by atoms with Crippen molar-refractivity contribution in [3.05, 3.63) is 11.8 Å². The molecule has 2 aliphatic heterocycles. The predicted octanol–water partition coefficient (Wildman–Crippen LogP) is 0.291. The van der Waals surface area contributed by atoms with Gasteiger partial charge in [-0.15, -0.1) is 0 Å². The second-order valence-electron chi connectivity index (χ2n) is 6.58. The van der Waals surface area contributed by atoms with E-state index in [1.807, 2.05) is 11.6 Å². The number of anilines is 1. The first-order valence-electron chi connectivity index (χ1n) is 8.85. The maximum Gasteiger partial charge on any atom is 0.348 e. The number of aryl methyl sites for hydroxylation is 1. The van der Waals surface area contributed by atoms with Crippen LogP contribution in [0.4, 0.5) is 5.82 Å². The fourth-order valence-corrected chi connectivity index (χ4v) is 3.37. The van der Waals surface area contributed by atoms with Gasteiger partial charge in [0, 0.05) is 31.9 Å². The largest absolute Gasteiger partial charge is 0.478 e. The van der Waals surface area contributed by atoms with Gasteiger partial charge in [0.05, 0.1) is 19.2 Å². The summed E-state index contributed by atoms with van der Waals surface area (Å²) in [6, 6.07) is 1.99. The van der Waals surface area contributed by atoms with E-state index in [0.29, 0.717) is 19.0 Å². The molecule has 148 valence electrons. The Kier molecular flexibility index (Phi) is 5.76. The van der Waals surface area contributed by atoms with Crippen molar-refractivity contribution in [1.29, 1.82) is 0 Å². The summed E-state index contributed by atoms with van der Waals surface area (Å²) >= 11 is 0. The molecule has 3 rings (SSSR count). The zero-order chi connectivity index (χ0) is 19.6. The predicted molar refractivity (Wildman–Crippen MR) is 91.3 cm³/mol. The van der Waals surface area contributed by atoms with Crippen molar-refractivity contribution in [2.24, 2.45) is 0 Å². The van der Waals surface area contributed by atoms with Gasteiger partial charge in [0.2, 0.25) is 6.10 Å². The molecular weight excluding hydrogens is 358 g/mol. The van der Waals surface area contributed by atoms with Crippen LogP contribution < -0.4 is 4.90 Å². The number of morpholine rings is 1. The van der Waals surface area contributed by atoms with Crippen LogP contribution in [0.3, 0.4) is 0 Å². The minimum Gasteiger partial charge on any atom is -0.478 e. The molecule has 2 aliphatic rings. The van der Waals surface area contributed by atoms with E-state index in [-0.39, 0.29) is 19.2 Å². The van der Waals surface area contributed by atoms with Crippen LogP contribution in [-0.4, -0.2) is 71.3 Å². The molecule has 10 heteroatoms. The van der Waals surface area contributed by atoms with Crippen molar-refractivity contribution in [1.82, 2.24) is 9.78 Å². The SMILES string of the molecule is CC(=O)O[C@@H](C(=O)O)[C@H]1OCCN(c2cc(C)n(C3CCOCC3)n2)C1=O. The average Bonchev–Trinajstić information content (AvgIpc) is 3.02. The number of ether oxygens (including phenoxy) is 3. The van der Waals surface area contributed by atoms with Crippen LogP contribution in [0.1, 0.15) is 31.5 Å². The standard InChI is InChI=1S/C17H23N3O7/c1-10-9-13(18-20(10)12-3-6-25-7-4-12)19-5-8-26-14(16(19)22)15(17(23)24)27-11(2)21/h9,12,14-15H,3-8H2,1-2H3,(H,23,24)/t14-,15-/m1/s1. The lowest BCUT2D eigenvalue weighted by Crippen LogP contribution is -2.55. The van der Waals surface area contributed by atoms with Gasteiger partial charge in [0.1, 0.15) is 0 Å². The number of hydrogen-bond acceptors (Lipinski definition) is 7. The van der Waals surface area contributed by atoms with E-state index in [1.165, 1.54) is 4.90 Å². The summed E-state index contributed by atoms with van der Waals surface area (Å²) in [7, 11) is 0. The van der Waals surface area contributed by atoms with Gasteiger partial charge in [0.25, 0.3) is 5.91 Å². The first-order valence-corrected chi connectivity index (χ1v) is 8.85. The second-order valence-corrected chi connectivity index (χ2v) is 6.58. The molecule has 1 amide bonds. The summed E-state index contributed by atoms with van der Waals surface area (Å²) in [4.78, 5) is 36.8. The molecule has 2 atom stereocenters. The Balaban J connectivity index is 1.81. The Morgan fingerprint density at radius 3 is 2.67 bits per heavy atom. The van der Waals surface area contributed by atoms with Crippen LogP contribution in [0.2, 0.25) is 0 Å². The molecule has 1 aromatic rings. The van der Waals surface area contributed by atoms with Gasteiger partial charge < -0.3 is 19.3 Å². The van der Waals surface area contributed by atoms with Gasteiger partial charge >= 0.3 is 11.9 Å². The Morgan fingerprint density at radius 2 is 2.04 bits per heavy atom. The number of hydrogen-bond donors (Lipinski definition) is 1. The molecule has 0 saturated carbocycles. The lowest BCUT2D eigenvalue weighted by atomic mass is 10.1. The molecule has 10 nitrogen and oxygen atoms in total. The third-order valence-corrected chi connectivity index (χ3v) is 4.66. The first-order chi connectivity index (χ1) is 12.9. The van der Waals surface area contributed by atoms with Crippen molar-refractivity contribution >= 4 is 23.7 Å². The number of carboxylic acids is 1. The molecule has 0 bridgehead atoms. The van der Waals surface area contributed by atoms with E-state index < -0.39 is 30.1 Å². The number of rotatable bonds is 5. The fraction of sp³-hybridized carbons (Fsp3) is 0.647. The summed E-state index contributed by atoms with van der Waals surface area (Å²) in [5, 5.41) is 13.9. The van der Waals surface area contributed by atoms with Crippen molar-refractivity contribution in [3.63, 3.8) is 0 Å². The van der Waals surface area contributed by atoms with Crippen LogP contribution in [0.5, 0.6) is 0 Å². The maximum atomic E-state index is 12.8. The maximum absolute atomic E-state index is 12.8. The number of aliphatic carboxylic acids is 1. The zero-order valence-corrected chi connectivity index (χ0v) is 15.3. The normalized spacial score (nSPS) is 22.5. The fourth-order valence-electron chi connectivity index (χ4n) is 3.37. The third kappa shape index (κ3) is 4.11. The van der Waals surface area contributed by atoms with E-state index in [0.717, 1.165) is 25.5 Å². The van der Waals surface area contributed by atoms with Gasteiger partial charge in [-0.2, -0.15) is 5.10 Å². The molecule has 2 saturated heterocycles. The quantitative estimate of drug-likeness (QED) is 0.723. The summed E-state index contributed by atoms with van der Waals surface area (Å²) in [5.41, 5.74) is 0.905. The van der Waals surface area contributed by atoms with Crippen LogP contribution in [-0.2, 0) is 28.6 Å². The van der Waals surface area contributed by atoms with Crippen LogP contribution >= 0.6 is 0 Å². The average molecular weight is 381 g/mol. The van der Waals surface area contributed by atoms with Crippen LogP contribution in [0.15, 0.2) is 6.07 Å². The highest BCUT2D eigenvalue weighted by molar-refractivity contribution is 6.00. The summed E-state index contributed by atoms with van der Waals surface area (Å²) in [6.45, 7) is 4.69. The molecule has 0 aromatic carbocycles. The molecule has 0 spiro atoms. The van der Waals surface area contributed by atoms with Gasteiger partial charge in [-0.3, -0.25) is 19.2 Å². The minimum atomic E-state index is -1.70. The van der Waals surface area contributed by atoms with Gasteiger partial charge in [-0.25, -0.2) is 4.79 Å². The van der Waals surface area contributed by atoms with E-state index in [2.05, 4.69) is 5.10 Å². The third-order valence-electron chi connectivity index (χ3n) is 4.66. The number of carbonyl (C=O) groups excluding carboxylic acids is 2. The van der Waals surface area contributed by atoms with Gasteiger partial charge in [0.15, 0.2) is 11.9 Å². The minimum absolute atomic E-state index is 0.116. The highest BCUT2D eigenvalue weighted by Crippen LogP contribution is 2.26. The van der Waals surface area contributed by atoms with Gasteiger partial charge in [-0.1, -0.05) is 0 Å². The van der Waals surface area contributed by atoms with E-state index in [1.54, 1.807) is 6.07 Å². The van der Waals surface area contributed by atoms with Crippen molar-refractivity contribution in [2.75, 3.05) is 31.3 Å². The highest BCUT2D eigenvalue weighted by Gasteiger charge is 2.43. The molecular formula is C17H23N3O7. The van der Waals surface area contributed by atoms with Crippen LogP contribution in [0, 0.1) is 6.92 Å². The monoisotopic (exact) mass is 381 g/mol. The Bertz CT molecular complexity index is 726. The number of esters is 1. The van der Waals surface area contributed by atoms with E-state index >= 15 is 0 Å². The first kappa shape index (κ1) is 19.3. The molecule has 0 radical (unpaired) electrons.